The second kappa shape index (κ2) is 6.34. The SMILES string of the molecule is CCOC(=O)c1nc(N2CCc3[nH]nc(N)c3C2)cc(C(C)(C)C)n1. The average Bonchev–Trinajstić information content (AvgIpc) is 2.94. The lowest BCUT2D eigenvalue weighted by atomic mass is 9.91. The number of anilines is 2. The van der Waals surface area contributed by atoms with Gasteiger partial charge in [0.1, 0.15) is 11.6 Å². The molecule has 0 unspecified atom stereocenters. The third kappa shape index (κ3) is 3.42. The first-order valence-corrected chi connectivity index (χ1v) is 8.42. The number of nitrogens with two attached hydrogens (primary N) is 1. The fraction of sp³-hybridized carbons (Fsp3) is 0.529. The van der Waals surface area contributed by atoms with E-state index in [4.69, 9.17) is 10.5 Å². The predicted octanol–water partition coefficient (Wildman–Crippen LogP) is 1.82. The molecule has 0 atom stereocenters. The van der Waals surface area contributed by atoms with Crippen molar-refractivity contribution in [2.75, 3.05) is 23.8 Å². The summed E-state index contributed by atoms with van der Waals surface area (Å²) in [4.78, 5) is 23.1. The Hall–Kier alpha value is -2.64. The molecule has 8 nitrogen and oxygen atoms in total. The van der Waals surface area contributed by atoms with E-state index < -0.39 is 5.97 Å². The summed E-state index contributed by atoms with van der Waals surface area (Å²) in [7, 11) is 0. The van der Waals surface area contributed by atoms with Crippen LogP contribution in [0.25, 0.3) is 0 Å². The highest BCUT2D eigenvalue weighted by molar-refractivity contribution is 5.85. The van der Waals surface area contributed by atoms with Gasteiger partial charge in [0.2, 0.25) is 5.82 Å². The first kappa shape index (κ1) is 17.2. The Bertz CT molecular complexity index is 793. The first-order chi connectivity index (χ1) is 11.8. The Morgan fingerprint density at radius 3 is 2.84 bits per heavy atom. The van der Waals surface area contributed by atoms with Gasteiger partial charge in [0.05, 0.1) is 12.3 Å². The van der Waals surface area contributed by atoms with E-state index in [1.165, 1.54) is 0 Å². The van der Waals surface area contributed by atoms with Gasteiger partial charge in [-0.1, -0.05) is 20.8 Å². The Kier molecular flexibility index (Phi) is 4.36. The summed E-state index contributed by atoms with van der Waals surface area (Å²) in [6.45, 7) is 9.57. The van der Waals surface area contributed by atoms with Crippen LogP contribution < -0.4 is 10.6 Å². The van der Waals surface area contributed by atoms with Crippen LogP contribution in [0, 0.1) is 0 Å². The van der Waals surface area contributed by atoms with Crippen molar-refractivity contribution in [3.63, 3.8) is 0 Å². The summed E-state index contributed by atoms with van der Waals surface area (Å²) in [6.07, 6.45) is 0.795. The lowest BCUT2D eigenvalue weighted by Crippen LogP contribution is -2.32. The molecule has 3 heterocycles. The number of aromatic nitrogens is 4. The van der Waals surface area contributed by atoms with Crippen molar-refractivity contribution in [2.24, 2.45) is 0 Å². The number of esters is 1. The molecule has 3 N–H and O–H groups in total. The van der Waals surface area contributed by atoms with E-state index in [0.29, 0.717) is 18.2 Å². The molecule has 1 aliphatic heterocycles. The number of H-pyrrole nitrogens is 1. The van der Waals surface area contributed by atoms with Crippen LogP contribution in [0.5, 0.6) is 0 Å². The number of nitrogen functional groups attached to an aromatic ring is 1. The minimum atomic E-state index is -0.504. The van der Waals surface area contributed by atoms with Gasteiger partial charge < -0.3 is 15.4 Å². The Labute approximate surface area is 146 Å². The average molecular weight is 344 g/mol. The van der Waals surface area contributed by atoms with Gasteiger partial charge in [0, 0.05) is 42.2 Å². The molecular weight excluding hydrogens is 320 g/mol. The van der Waals surface area contributed by atoms with Crippen LogP contribution >= 0.6 is 0 Å². The molecule has 2 aromatic rings. The molecule has 0 radical (unpaired) electrons. The molecule has 25 heavy (non-hydrogen) atoms. The van der Waals surface area contributed by atoms with E-state index in [-0.39, 0.29) is 17.8 Å². The minimum Gasteiger partial charge on any atom is -0.460 e. The third-order valence-electron chi connectivity index (χ3n) is 4.23. The molecule has 1 aliphatic rings. The summed E-state index contributed by atoms with van der Waals surface area (Å²) in [5.41, 5.74) is 8.57. The maximum atomic E-state index is 12.2. The molecule has 0 fully saturated rings. The quantitative estimate of drug-likeness (QED) is 0.817. The lowest BCUT2D eigenvalue weighted by Gasteiger charge is -2.29. The third-order valence-corrected chi connectivity index (χ3v) is 4.23. The first-order valence-electron chi connectivity index (χ1n) is 8.42. The predicted molar refractivity (Wildman–Crippen MR) is 94.4 cm³/mol. The Morgan fingerprint density at radius 1 is 1.40 bits per heavy atom. The second-order valence-electron chi connectivity index (χ2n) is 7.14. The van der Waals surface area contributed by atoms with Gasteiger partial charge in [-0.05, 0) is 6.92 Å². The van der Waals surface area contributed by atoms with Gasteiger partial charge >= 0.3 is 5.97 Å². The molecule has 0 saturated heterocycles. The van der Waals surface area contributed by atoms with Crippen molar-refractivity contribution >= 4 is 17.6 Å². The van der Waals surface area contributed by atoms with Crippen LogP contribution in [0.4, 0.5) is 11.6 Å². The molecule has 0 saturated carbocycles. The fourth-order valence-electron chi connectivity index (χ4n) is 2.78. The number of fused-ring (bicyclic) bond motifs is 1. The zero-order chi connectivity index (χ0) is 18.2. The second-order valence-corrected chi connectivity index (χ2v) is 7.14. The van der Waals surface area contributed by atoms with Crippen molar-refractivity contribution in [3.8, 4) is 0 Å². The smallest absolute Gasteiger partial charge is 0.376 e. The van der Waals surface area contributed by atoms with Gasteiger partial charge in [-0.3, -0.25) is 5.10 Å². The molecule has 2 aromatic heterocycles. The van der Waals surface area contributed by atoms with Crippen LogP contribution in [-0.2, 0) is 23.1 Å². The van der Waals surface area contributed by atoms with Gasteiger partial charge in [0.15, 0.2) is 0 Å². The molecule has 3 rings (SSSR count). The highest BCUT2D eigenvalue weighted by atomic mass is 16.5. The van der Waals surface area contributed by atoms with Crippen molar-refractivity contribution in [2.45, 2.75) is 46.1 Å². The molecule has 0 amide bonds. The summed E-state index contributed by atoms with van der Waals surface area (Å²) in [5, 5.41) is 7.04. The number of hydrogen-bond donors (Lipinski definition) is 2. The lowest BCUT2D eigenvalue weighted by molar-refractivity contribution is 0.0511. The summed E-state index contributed by atoms with van der Waals surface area (Å²) in [6, 6.07) is 1.93. The van der Waals surface area contributed by atoms with Crippen LogP contribution in [0.15, 0.2) is 6.07 Å². The molecule has 134 valence electrons. The number of carbonyl (C=O) groups excluding carboxylic acids is 1. The molecule has 0 aromatic carbocycles. The Balaban J connectivity index is 1.99. The largest absolute Gasteiger partial charge is 0.460 e. The minimum absolute atomic E-state index is 0.0928. The van der Waals surface area contributed by atoms with Crippen molar-refractivity contribution in [3.05, 3.63) is 28.8 Å². The number of rotatable bonds is 3. The molecule has 0 spiro atoms. The van der Waals surface area contributed by atoms with Crippen LogP contribution in [-0.4, -0.2) is 39.3 Å². The van der Waals surface area contributed by atoms with Gasteiger partial charge in [0.25, 0.3) is 0 Å². The van der Waals surface area contributed by atoms with E-state index in [2.05, 4.69) is 45.8 Å². The van der Waals surface area contributed by atoms with E-state index in [1.807, 2.05) is 6.07 Å². The summed E-state index contributed by atoms with van der Waals surface area (Å²) in [5.74, 6) is 0.801. The maximum absolute atomic E-state index is 12.2. The van der Waals surface area contributed by atoms with E-state index >= 15 is 0 Å². The number of carbonyl (C=O) groups is 1. The highest BCUT2D eigenvalue weighted by Crippen LogP contribution is 2.28. The van der Waals surface area contributed by atoms with E-state index in [9.17, 15) is 4.79 Å². The normalized spacial score (nSPS) is 14.3. The molecule has 0 bridgehead atoms. The monoisotopic (exact) mass is 344 g/mol. The van der Waals surface area contributed by atoms with Crippen molar-refractivity contribution in [1.29, 1.82) is 0 Å². The molecule has 0 aliphatic carbocycles. The Morgan fingerprint density at radius 2 is 2.16 bits per heavy atom. The van der Waals surface area contributed by atoms with E-state index in [0.717, 1.165) is 29.9 Å². The van der Waals surface area contributed by atoms with Crippen molar-refractivity contribution in [1.82, 2.24) is 20.2 Å². The zero-order valence-electron chi connectivity index (χ0n) is 15.1. The summed E-state index contributed by atoms with van der Waals surface area (Å²) < 4.78 is 5.08. The molecule has 8 heteroatoms. The maximum Gasteiger partial charge on any atom is 0.376 e. The zero-order valence-corrected chi connectivity index (χ0v) is 15.1. The van der Waals surface area contributed by atoms with Crippen LogP contribution in [0.1, 0.15) is 55.3 Å². The van der Waals surface area contributed by atoms with Gasteiger partial charge in [-0.15, -0.1) is 0 Å². The van der Waals surface area contributed by atoms with Gasteiger partial charge in [-0.2, -0.15) is 5.10 Å². The number of aromatic amines is 1. The molecular formula is C17H24N6O2. The number of hydrogen-bond acceptors (Lipinski definition) is 7. The van der Waals surface area contributed by atoms with E-state index in [1.54, 1.807) is 6.92 Å². The number of ether oxygens (including phenoxy) is 1. The highest BCUT2D eigenvalue weighted by Gasteiger charge is 2.26. The number of nitrogens with one attached hydrogen (secondary N) is 1. The van der Waals surface area contributed by atoms with Crippen LogP contribution in [0.3, 0.4) is 0 Å². The number of nitrogens with zero attached hydrogens (tertiary/aromatic N) is 4. The topological polar surface area (TPSA) is 110 Å². The standard InChI is InChI=1S/C17H24N6O2/c1-5-25-16(24)15-19-12(17(2,3)4)8-13(20-15)23-7-6-11-10(9-23)14(18)22-21-11/h8H,5-7,9H2,1-4H3,(H3,18,21,22). The summed E-state index contributed by atoms with van der Waals surface area (Å²) >= 11 is 0. The van der Waals surface area contributed by atoms with Crippen molar-refractivity contribution < 1.29 is 9.53 Å². The van der Waals surface area contributed by atoms with Gasteiger partial charge in [-0.25, -0.2) is 14.8 Å². The fourth-order valence-corrected chi connectivity index (χ4v) is 2.78. The van der Waals surface area contributed by atoms with Crippen LogP contribution in [0.2, 0.25) is 0 Å².